The molecule has 3 aliphatic heterocycles. The van der Waals surface area contributed by atoms with Crippen LogP contribution in [-0.2, 0) is 4.79 Å². The van der Waals surface area contributed by atoms with E-state index < -0.39 is 23.4 Å². The lowest BCUT2D eigenvalue weighted by molar-refractivity contribution is -0.122. The fourth-order valence-electron chi connectivity index (χ4n) is 5.62. The molecule has 2 aromatic rings. The van der Waals surface area contributed by atoms with Gasteiger partial charge in [0.05, 0.1) is 23.2 Å². The van der Waals surface area contributed by atoms with Crippen LogP contribution >= 0.6 is 11.6 Å². The Balaban J connectivity index is 1.61. The number of carbonyl (C=O) groups excluding carboxylic acids is 2. The van der Waals surface area contributed by atoms with Crippen LogP contribution < -0.4 is 5.32 Å². The first-order valence-corrected chi connectivity index (χ1v) is 11.4. The van der Waals surface area contributed by atoms with Crippen molar-refractivity contribution >= 4 is 29.4 Å². The molecule has 9 heteroatoms. The van der Waals surface area contributed by atoms with Crippen LogP contribution in [0, 0.1) is 11.3 Å². The molecule has 3 amide bonds. The zero-order valence-corrected chi connectivity index (χ0v) is 19.3. The van der Waals surface area contributed by atoms with Crippen LogP contribution in [0.5, 0.6) is 0 Å². The van der Waals surface area contributed by atoms with E-state index in [2.05, 4.69) is 10.3 Å². The number of hydrogen-bond acceptors (Lipinski definition) is 4. The number of benzene rings is 1. The third-order valence-electron chi connectivity index (χ3n) is 7.14. The number of rotatable bonds is 2. The highest BCUT2D eigenvalue weighted by Gasteiger charge is 2.61. The Morgan fingerprint density at radius 2 is 1.97 bits per heavy atom. The zero-order chi connectivity index (χ0) is 23.8. The van der Waals surface area contributed by atoms with Crippen LogP contribution in [0.2, 0.25) is 5.02 Å². The van der Waals surface area contributed by atoms with Gasteiger partial charge in [-0.1, -0.05) is 30.7 Å². The molecular weight excluding hydrogens is 457 g/mol. The van der Waals surface area contributed by atoms with Crippen LogP contribution in [-0.4, -0.2) is 45.1 Å². The van der Waals surface area contributed by atoms with Gasteiger partial charge in [-0.25, -0.2) is 9.18 Å². The van der Waals surface area contributed by atoms with Crippen molar-refractivity contribution in [2.45, 2.75) is 25.9 Å². The maximum atomic E-state index is 15.4. The minimum atomic E-state index is -0.939. The standard InChI is InChI=1S/C25H21ClFN5O2/c1-13-17(27)10-25(2)21-19(13)29-18(33)12-31(21)24(34)32-22(25)20(14-5-7-16(26)8-6-14)30-23(32)15-4-3-9-28-11-15/h3-11,13,20,22H,12H2,1-2H3,(H,29,33). The predicted octanol–water partition coefficient (Wildman–Crippen LogP) is 4.19. The number of amides is 3. The maximum absolute atomic E-state index is 15.4. The molecule has 4 unspecified atom stereocenters. The smallest absolute Gasteiger partial charge is 0.326 e. The normalized spacial score (nSPS) is 29.9. The van der Waals surface area contributed by atoms with Gasteiger partial charge in [-0.05, 0) is 42.8 Å². The molecule has 4 atom stereocenters. The fraction of sp³-hybridized carbons (Fsp3) is 0.280. The monoisotopic (exact) mass is 477 g/mol. The van der Waals surface area contributed by atoms with Gasteiger partial charge in [0, 0.05) is 34.6 Å². The second kappa shape index (κ2) is 7.24. The lowest BCUT2D eigenvalue weighted by atomic mass is 9.67. The van der Waals surface area contributed by atoms with E-state index in [1.807, 2.05) is 25.1 Å². The van der Waals surface area contributed by atoms with E-state index in [-0.39, 0.29) is 24.3 Å². The molecular formula is C25H21ClFN5O2. The molecule has 1 N–H and O–H groups in total. The summed E-state index contributed by atoms with van der Waals surface area (Å²) in [6.07, 6.45) is 4.89. The van der Waals surface area contributed by atoms with Crippen LogP contribution in [0.1, 0.15) is 31.0 Å². The third kappa shape index (κ3) is 2.81. The van der Waals surface area contributed by atoms with E-state index in [0.717, 1.165) is 5.56 Å². The highest BCUT2D eigenvalue weighted by molar-refractivity contribution is 6.30. The van der Waals surface area contributed by atoms with E-state index in [1.54, 1.807) is 48.5 Å². The summed E-state index contributed by atoms with van der Waals surface area (Å²) in [6.45, 7) is 3.47. The van der Waals surface area contributed by atoms with Crippen molar-refractivity contribution in [3.63, 3.8) is 0 Å². The second-order valence-corrected chi connectivity index (χ2v) is 9.65. The van der Waals surface area contributed by atoms with Crippen molar-refractivity contribution in [3.8, 4) is 0 Å². The van der Waals surface area contributed by atoms with Gasteiger partial charge in [-0.3, -0.25) is 24.6 Å². The van der Waals surface area contributed by atoms with Crippen molar-refractivity contribution in [2.24, 2.45) is 16.3 Å². The number of hydrogen-bond donors (Lipinski definition) is 1. The second-order valence-electron chi connectivity index (χ2n) is 9.22. The lowest BCUT2D eigenvalue weighted by Gasteiger charge is -2.54. The highest BCUT2D eigenvalue weighted by Crippen LogP contribution is 2.56. The molecule has 1 fully saturated rings. The van der Waals surface area contributed by atoms with E-state index in [1.165, 1.54) is 4.90 Å². The van der Waals surface area contributed by atoms with Gasteiger partial charge < -0.3 is 5.32 Å². The first-order valence-electron chi connectivity index (χ1n) is 11.1. The number of halogens is 2. The summed E-state index contributed by atoms with van der Waals surface area (Å²) in [7, 11) is 0. The first kappa shape index (κ1) is 21.0. The Labute approximate surface area is 200 Å². The fourth-order valence-corrected chi connectivity index (χ4v) is 5.74. The SMILES string of the molecule is CC1C(F)=CC2(C)C3=C1NC(=O)CN3C(=O)N1C(c3cccnc3)=NC(c3ccc(Cl)cc3)C12. The van der Waals surface area contributed by atoms with E-state index in [4.69, 9.17) is 16.6 Å². The minimum Gasteiger partial charge on any atom is -0.326 e. The molecule has 0 radical (unpaired) electrons. The van der Waals surface area contributed by atoms with Crippen LogP contribution in [0.4, 0.5) is 9.18 Å². The van der Waals surface area contributed by atoms with Crippen LogP contribution in [0.15, 0.2) is 77.1 Å². The average Bonchev–Trinajstić information content (AvgIpc) is 3.24. The predicted molar refractivity (Wildman–Crippen MR) is 124 cm³/mol. The molecule has 4 aliphatic rings. The molecule has 1 aliphatic carbocycles. The number of aromatic nitrogens is 1. The van der Waals surface area contributed by atoms with Gasteiger partial charge in [0.2, 0.25) is 5.91 Å². The number of aliphatic imine (C=N–C) groups is 1. The Hall–Kier alpha value is -3.52. The zero-order valence-electron chi connectivity index (χ0n) is 18.5. The molecule has 34 heavy (non-hydrogen) atoms. The molecule has 1 aromatic heterocycles. The first-order chi connectivity index (χ1) is 16.3. The number of pyridine rings is 1. The molecule has 0 saturated carbocycles. The molecule has 1 saturated heterocycles. The summed E-state index contributed by atoms with van der Waals surface area (Å²) in [5, 5.41) is 3.43. The summed E-state index contributed by atoms with van der Waals surface area (Å²) in [4.78, 5) is 38.8. The Bertz CT molecular complexity index is 1320. The van der Waals surface area contributed by atoms with E-state index >= 15 is 4.39 Å². The summed E-state index contributed by atoms with van der Waals surface area (Å²) >= 11 is 6.13. The number of urea groups is 1. The topological polar surface area (TPSA) is 77.9 Å². The van der Waals surface area contributed by atoms with E-state index in [9.17, 15) is 9.59 Å². The van der Waals surface area contributed by atoms with Gasteiger partial charge in [0.15, 0.2) is 0 Å². The van der Waals surface area contributed by atoms with Crippen molar-refractivity contribution in [1.29, 1.82) is 0 Å². The number of carbonyl (C=O) groups is 2. The number of fused-ring (bicyclic) bond motifs is 2. The summed E-state index contributed by atoms with van der Waals surface area (Å²) in [5.41, 5.74) is 1.66. The Kier molecular flexibility index (Phi) is 4.48. The summed E-state index contributed by atoms with van der Waals surface area (Å²) in [6, 6.07) is 9.55. The highest BCUT2D eigenvalue weighted by atomic mass is 35.5. The van der Waals surface area contributed by atoms with Crippen molar-refractivity contribution in [1.82, 2.24) is 20.1 Å². The number of nitrogens with one attached hydrogen (secondary N) is 1. The van der Waals surface area contributed by atoms with Gasteiger partial charge >= 0.3 is 6.03 Å². The summed E-state index contributed by atoms with van der Waals surface area (Å²) in [5.74, 6) is -0.892. The molecule has 172 valence electrons. The van der Waals surface area contributed by atoms with E-state index in [0.29, 0.717) is 27.8 Å². The Morgan fingerprint density at radius 1 is 1.21 bits per heavy atom. The molecule has 4 heterocycles. The molecule has 7 nitrogen and oxygen atoms in total. The van der Waals surface area contributed by atoms with Gasteiger partial charge in [-0.2, -0.15) is 0 Å². The molecule has 6 rings (SSSR count). The Morgan fingerprint density at radius 3 is 2.68 bits per heavy atom. The lowest BCUT2D eigenvalue weighted by Crippen LogP contribution is -2.66. The molecule has 0 bridgehead atoms. The summed E-state index contributed by atoms with van der Waals surface area (Å²) < 4.78 is 15.4. The van der Waals surface area contributed by atoms with Crippen LogP contribution in [0.25, 0.3) is 0 Å². The van der Waals surface area contributed by atoms with Gasteiger partial charge in [0.1, 0.15) is 18.2 Å². The van der Waals surface area contributed by atoms with Gasteiger partial charge in [0.25, 0.3) is 0 Å². The van der Waals surface area contributed by atoms with Crippen molar-refractivity contribution in [3.05, 3.63) is 88.2 Å². The van der Waals surface area contributed by atoms with Gasteiger partial charge in [-0.15, -0.1) is 0 Å². The van der Waals surface area contributed by atoms with Crippen molar-refractivity contribution < 1.29 is 14.0 Å². The molecule has 0 spiro atoms. The molecule has 1 aromatic carbocycles. The number of amidine groups is 1. The number of nitrogens with zero attached hydrogens (tertiary/aromatic N) is 4. The number of allylic oxidation sites excluding steroid dienone is 1. The quantitative estimate of drug-likeness (QED) is 0.704. The largest absolute Gasteiger partial charge is 0.330 e. The minimum absolute atomic E-state index is 0.134. The third-order valence-corrected chi connectivity index (χ3v) is 7.40. The van der Waals surface area contributed by atoms with Crippen LogP contribution in [0.3, 0.4) is 0 Å². The maximum Gasteiger partial charge on any atom is 0.330 e. The van der Waals surface area contributed by atoms with Crippen molar-refractivity contribution in [2.75, 3.05) is 6.54 Å². The average molecular weight is 478 g/mol.